The minimum atomic E-state index is -4.62. The Hall–Kier alpha value is -2.40. The van der Waals surface area contributed by atoms with E-state index < -0.39 is 27.8 Å². The molecule has 0 bridgehead atoms. The standard InChI is InChI=1S/C21H21BrF3N3O3S/c22-13-5-4-8-20(29)27-32(30,31)17-11-9-16(10-12-17)28-18(15-6-2-1-3-7-15)14-19(26-28)21(23,24)25/h2,6-7,9-12,14H,1,3-5,8,13H2,(H,27,29). The van der Waals surface area contributed by atoms with Gasteiger partial charge in [0.2, 0.25) is 5.91 Å². The molecule has 0 atom stereocenters. The van der Waals surface area contributed by atoms with Crippen molar-refractivity contribution in [2.24, 2.45) is 0 Å². The minimum Gasteiger partial charge on any atom is -0.274 e. The highest BCUT2D eigenvalue weighted by atomic mass is 79.9. The second-order valence-electron chi connectivity index (χ2n) is 7.13. The molecule has 2 aromatic rings. The maximum absolute atomic E-state index is 13.3. The fourth-order valence-corrected chi connectivity index (χ4v) is 4.54. The highest BCUT2D eigenvalue weighted by Crippen LogP contribution is 2.33. The molecule has 11 heteroatoms. The Morgan fingerprint density at radius 2 is 1.88 bits per heavy atom. The summed E-state index contributed by atoms with van der Waals surface area (Å²) in [5.74, 6) is -0.616. The number of alkyl halides is 4. The van der Waals surface area contributed by atoms with Gasteiger partial charge in [0.1, 0.15) is 0 Å². The number of benzene rings is 1. The molecule has 0 fully saturated rings. The number of hydrogen-bond donors (Lipinski definition) is 1. The van der Waals surface area contributed by atoms with E-state index in [2.05, 4.69) is 21.0 Å². The lowest BCUT2D eigenvalue weighted by atomic mass is 10.0. The number of aromatic nitrogens is 2. The van der Waals surface area contributed by atoms with Crippen LogP contribution in [0.1, 0.15) is 43.5 Å². The van der Waals surface area contributed by atoms with Crippen LogP contribution < -0.4 is 4.72 Å². The van der Waals surface area contributed by atoms with Crippen molar-refractivity contribution in [1.29, 1.82) is 0 Å². The lowest BCUT2D eigenvalue weighted by molar-refractivity contribution is -0.141. The van der Waals surface area contributed by atoms with E-state index in [-0.39, 0.29) is 22.7 Å². The van der Waals surface area contributed by atoms with Crippen LogP contribution in [-0.2, 0) is 21.0 Å². The molecular weight excluding hydrogens is 511 g/mol. The van der Waals surface area contributed by atoms with Gasteiger partial charge in [-0.05, 0) is 61.6 Å². The summed E-state index contributed by atoms with van der Waals surface area (Å²) in [6.07, 6.45) is 3.67. The third kappa shape index (κ3) is 5.89. The van der Waals surface area contributed by atoms with Gasteiger partial charge < -0.3 is 0 Å². The monoisotopic (exact) mass is 531 g/mol. The number of allylic oxidation sites excluding steroid dienone is 4. The van der Waals surface area contributed by atoms with E-state index in [9.17, 15) is 26.4 Å². The zero-order chi connectivity index (χ0) is 23.4. The van der Waals surface area contributed by atoms with Gasteiger partial charge in [-0.25, -0.2) is 17.8 Å². The molecule has 0 saturated carbocycles. The predicted octanol–water partition coefficient (Wildman–Crippen LogP) is 4.99. The van der Waals surface area contributed by atoms with Crippen molar-refractivity contribution >= 4 is 37.4 Å². The maximum Gasteiger partial charge on any atom is 0.435 e. The Kier molecular flexibility index (Phi) is 7.60. The molecule has 3 rings (SSSR count). The Balaban J connectivity index is 1.88. The first-order chi connectivity index (χ1) is 15.1. The summed E-state index contributed by atoms with van der Waals surface area (Å²) in [6.45, 7) is 0. The van der Waals surface area contributed by atoms with Gasteiger partial charge in [0.25, 0.3) is 10.0 Å². The van der Waals surface area contributed by atoms with E-state index in [0.717, 1.165) is 23.6 Å². The van der Waals surface area contributed by atoms with Crippen LogP contribution in [0, 0.1) is 0 Å². The topological polar surface area (TPSA) is 81.1 Å². The summed E-state index contributed by atoms with van der Waals surface area (Å²) in [5, 5.41) is 4.42. The molecule has 6 nitrogen and oxygen atoms in total. The largest absolute Gasteiger partial charge is 0.435 e. The highest BCUT2D eigenvalue weighted by Gasteiger charge is 2.35. The molecule has 0 aliphatic heterocycles. The molecule has 0 saturated heterocycles. The van der Waals surface area contributed by atoms with Crippen LogP contribution in [0.5, 0.6) is 0 Å². The Morgan fingerprint density at radius 3 is 2.47 bits per heavy atom. The Bertz CT molecular complexity index is 1140. The molecular formula is C21H21BrF3N3O3S. The van der Waals surface area contributed by atoms with E-state index in [1.165, 1.54) is 24.3 Å². The summed E-state index contributed by atoms with van der Waals surface area (Å²) in [5.41, 5.74) is 0.0773. The van der Waals surface area contributed by atoms with E-state index in [1.807, 2.05) is 16.9 Å². The molecule has 1 aromatic carbocycles. The number of amides is 1. The first-order valence-electron chi connectivity index (χ1n) is 9.88. The number of unbranched alkanes of at least 4 members (excludes halogenated alkanes) is 1. The van der Waals surface area contributed by atoms with Gasteiger partial charge in [-0.3, -0.25) is 4.79 Å². The summed E-state index contributed by atoms with van der Waals surface area (Å²) in [6, 6.07) is 6.14. The van der Waals surface area contributed by atoms with Gasteiger partial charge in [-0.1, -0.05) is 34.2 Å². The number of hydrogen-bond acceptors (Lipinski definition) is 4. The van der Waals surface area contributed by atoms with Crippen LogP contribution in [0.2, 0.25) is 0 Å². The quantitative estimate of drug-likeness (QED) is 0.384. The minimum absolute atomic E-state index is 0.0718. The number of carbonyl (C=O) groups is 1. The van der Waals surface area contributed by atoms with Crippen molar-refractivity contribution in [2.75, 3.05) is 5.33 Å². The zero-order valence-corrected chi connectivity index (χ0v) is 19.3. The van der Waals surface area contributed by atoms with Gasteiger partial charge >= 0.3 is 6.18 Å². The first-order valence-corrected chi connectivity index (χ1v) is 12.5. The van der Waals surface area contributed by atoms with E-state index >= 15 is 0 Å². The van der Waals surface area contributed by atoms with Crippen molar-refractivity contribution in [3.8, 4) is 5.69 Å². The molecule has 1 aliphatic rings. The fourth-order valence-electron chi connectivity index (χ4n) is 3.13. The molecule has 1 amide bonds. The van der Waals surface area contributed by atoms with Gasteiger partial charge in [0.15, 0.2) is 5.69 Å². The van der Waals surface area contributed by atoms with Crippen molar-refractivity contribution in [3.63, 3.8) is 0 Å². The zero-order valence-electron chi connectivity index (χ0n) is 16.9. The molecule has 32 heavy (non-hydrogen) atoms. The van der Waals surface area contributed by atoms with Crippen molar-refractivity contribution in [3.05, 3.63) is 59.9 Å². The average molecular weight is 532 g/mol. The summed E-state index contributed by atoms with van der Waals surface area (Å²) >= 11 is 3.24. The van der Waals surface area contributed by atoms with E-state index in [4.69, 9.17) is 0 Å². The molecule has 0 unspecified atom stereocenters. The second-order valence-corrected chi connectivity index (χ2v) is 9.61. The fraction of sp³-hybridized carbons (Fsp3) is 0.333. The number of nitrogens with one attached hydrogen (secondary N) is 1. The lowest BCUT2D eigenvalue weighted by Crippen LogP contribution is -2.30. The van der Waals surface area contributed by atoms with E-state index in [1.54, 1.807) is 6.08 Å². The van der Waals surface area contributed by atoms with Gasteiger partial charge in [0.05, 0.1) is 16.3 Å². The SMILES string of the molecule is O=C(CCCCBr)NS(=O)(=O)c1ccc(-n2nc(C(F)(F)F)cc2C2=CCCC=C2)cc1. The Labute approximate surface area is 192 Å². The normalized spacial score (nSPS) is 14.3. The third-order valence-electron chi connectivity index (χ3n) is 4.72. The van der Waals surface area contributed by atoms with Gasteiger partial charge in [-0.2, -0.15) is 18.3 Å². The van der Waals surface area contributed by atoms with E-state index in [0.29, 0.717) is 23.7 Å². The van der Waals surface area contributed by atoms with Crippen LogP contribution in [0.25, 0.3) is 11.3 Å². The third-order valence-corrected chi connectivity index (χ3v) is 6.67. The first kappa shape index (κ1) is 24.2. The summed E-state index contributed by atoms with van der Waals surface area (Å²) in [4.78, 5) is 11.7. The molecule has 0 radical (unpaired) electrons. The van der Waals surface area contributed by atoms with Crippen LogP contribution in [0.3, 0.4) is 0 Å². The van der Waals surface area contributed by atoms with Gasteiger partial charge in [0, 0.05) is 11.8 Å². The molecule has 0 spiro atoms. The van der Waals surface area contributed by atoms with Crippen LogP contribution in [-0.4, -0.2) is 29.4 Å². The number of rotatable bonds is 8. The summed E-state index contributed by atoms with van der Waals surface area (Å²) < 4.78 is 67.9. The van der Waals surface area contributed by atoms with Crippen molar-refractivity contribution in [1.82, 2.24) is 14.5 Å². The number of halogens is 4. The van der Waals surface area contributed by atoms with Crippen LogP contribution >= 0.6 is 15.9 Å². The van der Waals surface area contributed by atoms with Crippen LogP contribution in [0.4, 0.5) is 13.2 Å². The number of nitrogens with zero attached hydrogens (tertiary/aromatic N) is 2. The van der Waals surface area contributed by atoms with Gasteiger partial charge in [-0.15, -0.1) is 0 Å². The number of carbonyl (C=O) groups excluding carboxylic acids is 1. The van der Waals surface area contributed by atoms with Crippen molar-refractivity contribution < 1.29 is 26.4 Å². The molecule has 1 heterocycles. The molecule has 1 N–H and O–H groups in total. The predicted molar refractivity (Wildman–Crippen MR) is 118 cm³/mol. The molecule has 172 valence electrons. The lowest BCUT2D eigenvalue weighted by Gasteiger charge is -2.12. The number of sulfonamides is 1. The highest BCUT2D eigenvalue weighted by molar-refractivity contribution is 9.09. The van der Waals surface area contributed by atoms with Crippen molar-refractivity contribution in [2.45, 2.75) is 43.2 Å². The molecule has 1 aliphatic carbocycles. The Morgan fingerprint density at radius 1 is 1.16 bits per heavy atom. The maximum atomic E-state index is 13.3. The summed E-state index contributed by atoms with van der Waals surface area (Å²) in [7, 11) is -4.09. The van der Waals surface area contributed by atoms with Crippen LogP contribution in [0.15, 0.2) is 53.5 Å². The second kappa shape index (κ2) is 10.0. The molecule has 1 aromatic heterocycles. The average Bonchev–Trinajstić information content (AvgIpc) is 3.20. The smallest absolute Gasteiger partial charge is 0.274 e.